The first-order chi connectivity index (χ1) is 12.7. The number of ether oxygens (including phenoxy) is 3. The van der Waals surface area contributed by atoms with E-state index in [1.165, 1.54) is 57.5 Å². The number of allylic oxidation sites excluding steroid dienone is 2. The maximum atomic E-state index is 5.49. The Morgan fingerprint density at radius 1 is 0.885 bits per heavy atom. The molecule has 1 heterocycles. The van der Waals surface area contributed by atoms with Gasteiger partial charge in [0.25, 0.3) is 0 Å². The molecule has 5 heteroatoms. The van der Waals surface area contributed by atoms with Crippen LogP contribution in [0.15, 0.2) is 24.3 Å². The van der Waals surface area contributed by atoms with Gasteiger partial charge in [-0.1, -0.05) is 12.2 Å². The van der Waals surface area contributed by atoms with Gasteiger partial charge in [0, 0.05) is 11.5 Å². The second kappa shape index (κ2) is 9.28. The minimum absolute atomic E-state index is 0.671. The number of quaternary nitrogens is 2. The molecule has 3 rings (SSSR count). The SMILES string of the molecule is COc1cc(C[NH+]2CC[NH+](C[C@@H]3CC=CCC3)CC2)cc(OC)c1OC. The predicted molar refractivity (Wildman–Crippen MR) is 103 cm³/mol. The summed E-state index contributed by atoms with van der Waals surface area (Å²) in [5.41, 5.74) is 1.25. The molecule has 1 atom stereocenters. The molecule has 0 amide bonds. The highest BCUT2D eigenvalue weighted by Gasteiger charge is 2.26. The number of rotatable bonds is 7. The summed E-state index contributed by atoms with van der Waals surface area (Å²) in [6.45, 7) is 7.38. The summed E-state index contributed by atoms with van der Waals surface area (Å²) in [7, 11) is 5.00. The van der Waals surface area contributed by atoms with Crippen molar-refractivity contribution >= 4 is 0 Å². The second-order valence-corrected chi connectivity index (χ2v) is 7.56. The van der Waals surface area contributed by atoms with E-state index in [-0.39, 0.29) is 0 Å². The van der Waals surface area contributed by atoms with E-state index in [4.69, 9.17) is 14.2 Å². The van der Waals surface area contributed by atoms with E-state index in [1.54, 1.807) is 31.1 Å². The Balaban J connectivity index is 1.55. The molecule has 2 aliphatic rings. The van der Waals surface area contributed by atoms with Crippen molar-refractivity contribution in [1.82, 2.24) is 0 Å². The highest BCUT2D eigenvalue weighted by Crippen LogP contribution is 2.37. The lowest BCUT2D eigenvalue weighted by Gasteiger charge is -2.32. The topological polar surface area (TPSA) is 36.6 Å². The molecule has 1 aromatic rings. The zero-order valence-electron chi connectivity index (χ0n) is 16.5. The van der Waals surface area contributed by atoms with Crippen LogP contribution in [0.5, 0.6) is 17.2 Å². The zero-order chi connectivity index (χ0) is 18.4. The van der Waals surface area contributed by atoms with Crippen LogP contribution < -0.4 is 24.0 Å². The fourth-order valence-electron chi connectivity index (χ4n) is 4.31. The normalized spacial score (nSPS) is 25.7. The predicted octanol–water partition coefficient (Wildman–Crippen LogP) is 0.352. The maximum absolute atomic E-state index is 5.49. The number of methoxy groups -OCH3 is 3. The van der Waals surface area contributed by atoms with Crippen LogP contribution in [0.3, 0.4) is 0 Å². The highest BCUT2D eigenvalue weighted by molar-refractivity contribution is 5.53. The third-order valence-electron chi connectivity index (χ3n) is 5.80. The zero-order valence-corrected chi connectivity index (χ0v) is 16.5. The lowest BCUT2D eigenvalue weighted by Crippen LogP contribution is -3.27. The van der Waals surface area contributed by atoms with Crippen LogP contribution in [-0.4, -0.2) is 54.1 Å². The molecular formula is C21H34N2O3+2. The van der Waals surface area contributed by atoms with Crippen molar-refractivity contribution in [3.8, 4) is 17.2 Å². The van der Waals surface area contributed by atoms with Crippen LogP contribution in [0.25, 0.3) is 0 Å². The smallest absolute Gasteiger partial charge is 0.203 e. The molecule has 1 aliphatic heterocycles. The lowest BCUT2D eigenvalue weighted by molar-refractivity contribution is -1.02. The quantitative estimate of drug-likeness (QED) is 0.688. The van der Waals surface area contributed by atoms with Gasteiger partial charge >= 0.3 is 0 Å². The van der Waals surface area contributed by atoms with Crippen molar-refractivity contribution < 1.29 is 24.0 Å². The van der Waals surface area contributed by atoms with Gasteiger partial charge in [-0.05, 0) is 31.4 Å². The minimum Gasteiger partial charge on any atom is -0.493 e. The monoisotopic (exact) mass is 362 g/mol. The Morgan fingerprint density at radius 3 is 2.08 bits per heavy atom. The van der Waals surface area contributed by atoms with Crippen LogP contribution in [0.2, 0.25) is 0 Å². The van der Waals surface area contributed by atoms with Crippen LogP contribution in [0.1, 0.15) is 24.8 Å². The molecule has 0 saturated carbocycles. The van der Waals surface area contributed by atoms with Crippen LogP contribution in [0, 0.1) is 5.92 Å². The molecule has 1 aromatic carbocycles. The summed E-state index contributed by atoms with van der Waals surface area (Å²) >= 11 is 0. The summed E-state index contributed by atoms with van der Waals surface area (Å²) in [4.78, 5) is 3.44. The molecule has 0 radical (unpaired) electrons. The number of hydrogen-bond acceptors (Lipinski definition) is 3. The van der Waals surface area contributed by atoms with Gasteiger partial charge in [0.15, 0.2) is 11.5 Å². The Labute approximate surface area is 157 Å². The molecule has 1 aliphatic carbocycles. The molecule has 1 saturated heterocycles. The number of hydrogen-bond donors (Lipinski definition) is 2. The molecule has 144 valence electrons. The minimum atomic E-state index is 0.671. The maximum Gasteiger partial charge on any atom is 0.203 e. The fraction of sp³-hybridized carbons (Fsp3) is 0.619. The van der Waals surface area contributed by atoms with Gasteiger partial charge in [-0.25, -0.2) is 0 Å². The van der Waals surface area contributed by atoms with Gasteiger partial charge in [0.2, 0.25) is 5.75 Å². The van der Waals surface area contributed by atoms with E-state index in [9.17, 15) is 0 Å². The molecule has 1 fully saturated rings. The third-order valence-corrected chi connectivity index (χ3v) is 5.80. The molecule has 0 bridgehead atoms. The average molecular weight is 363 g/mol. The van der Waals surface area contributed by atoms with E-state index < -0.39 is 0 Å². The summed E-state index contributed by atoms with van der Waals surface area (Å²) in [6.07, 6.45) is 8.65. The molecule has 0 aromatic heterocycles. The number of nitrogens with one attached hydrogen (secondary N) is 2. The molecule has 2 N–H and O–H groups in total. The molecular weight excluding hydrogens is 328 g/mol. The largest absolute Gasteiger partial charge is 0.493 e. The summed E-state index contributed by atoms with van der Waals surface area (Å²) in [5.74, 6) is 3.06. The average Bonchev–Trinajstić information content (AvgIpc) is 2.69. The Bertz CT molecular complexity index is 584. The Hall–Kier alpha value is -1.72. The van der Waals surface area contributed by atoms with E-state index in [2.05, 4.69) is 24.3 Å². The van der Waals surface area contributed by atoms with Crippen LogP contribution >= 0.6 is 0 Å². The first-order valence-corrected chi connectivity index (χ1v) is 9.84. The molecule has 0 unspecified atom stereocenters. The van der Waals surface area contributed by atoms with Gasteiger partial charge in [-0.15, -0.1) is 0 Å². The fourth-order valence-corrected chi connectivity index (χ4v) is 4.31. The van der Waals surface area contributed by atoms with Crippen molar-refractivity contribution in [2.45, 2.75) is 25.8 Å². The van der Waals surface area contributed by atoms with Gasteiger partial charge in [0.1, 0.15) is 32.7 Å². The summed E-state index contributed by atoms with van der Waals surface area (Å²) in [5, 5.41) is 0. The van der Waals surface area contributed by atoms with E-state index in [0.717, 1.165) is 24.0 Å². The molecule has 0 spiro atoms. The van der Waals surface area contributed by atoms with Crippen molar-refractivity contribution in [2.24, 2.45) is 5.92 Å². The standard InChI is InChI=1S/C21H32N2O3/c1-24-19-13-18(14-20(25-2)21(19)26-3)16-23-11-9-22(10-12-23)15-17-7-5-4-6-8-17/h4-5,13-14,17H,6-12,15-16H2,1-3H3/p+2/t17-/m1/s1. The van der Waals surface area contributed by atoms with E-state index >= 15 is 0 Å². The van der Waals surface area contributed by atoms with Gasteiger partial charge in [0.05, 0.1) is 27.9 Å². The molecule has 26 heavy (non-hydrogen) atoms. The van der Waals surface area contributed by atoms with Crippen molar-refractivity contribution in [1.29, 1.82) is 0 Å². The second-order valence-electron chi connectivity index (χ2n) is 7.56. The van der Waals surface area contributed by atoms with Crippen molar-refractivity contribution in [2.75, 3.05) is 54.1 Å². The van der Waals surface area contributed by atoms with Crippen molar-refractivity contribution in [3.05, 3.63) is 29.8 Å². The van der Waals surface area contributed by atoms with Crippen LogP contribution in [-0.2, 0) is 6.54 Å². The summed E-state index contributed by atoms with van der Waals surface area (Å²) < 4.78 is 16.4. The van der Waals surface area contributed by atoms with Gasteiger partial charge < -0.3 is 24.0 Å². The van der Waals surface area contributed by atoms with Gasteiger partial charge in [-0.3, -0.25) is 0 Å². The lowest BCUT2D eigenvalue weighted by atomic mass is 9.94. The molecule has 5 nitrogen and oxygen atoms in total. The first kappa shape index (κ1) is 19.1. The van der Waals surface area contributed by atoms with Crippen LogP contribution in [0.4, 0.5) is 0 Å². The van der Waals surface area contributed by atoms with E-state index in [1.807, 2.05) is 0 Å². The highest BCUT2D eigenvalue weighted by atomic mass is 16.5. The Kier molecular flexibility index (Phi) is 6.80. The third kappa shape index (κ3) is 4.71. The van der Waals surface area contributed by atoms with Crippen molar-refractivity contribution in [3.63, 3.8) is 0 Å². The summed E-state index contributed by atoms with van der Waals surface area (Å²) in [6, 6.07) is 4.17. The van der Waals surface area contributed by atoms with Gasteiger partial charge in [-0.2, -0.15) is 0 Å². The first-order valence-electron chi connectivity index (χ1n) is 9.84. The Morgan fingerprint density at radius 2 is 1.54 bits per heavy atom. The number of piperazine rings is 1. The number of benzene rings is 1. The van der Waals surface area contributed by atoms with E-state index in [0.29, 0.717) is 5.75 Å².